The predicted octanol–water partition coefficient (Wildman–Crippen LogP) is 10.6. The topological polar surface area (TPSA) is 283 Å². The monoisotopic (exact) mass is 1330 g/mol. The number of aromatic amines is 1. The van der Waals surface area contributed by atoms with Gasteiger partial charge < -0.3 is 35.0 Å². The number of esters is 1. The number of hydroxylamine groups is 2. The molecule has 6 aromatic carbocycles. The van der Waals surface area contributed by atoms with E-state index in [1.807, 2.05) is 65.6 Å². The lowest BCUT2D eigenvalue weighted by atomic mass is 9.97. The average Bonchev–Trinajstić information content (AvgIpc) is 1.60. The number of aliphatic hydroxyl groups excluding tert-OH is 2. The van der Waals surface area contributed by atoms with Gasteiger partial charge in [-0.1, -0.05) is 98.9 Å². The van der Waals surface area contributed by atoms with Crippen LogP contribution in [-0.2, 0) is 34.5 Å². The van der Waals surface area contributed by atoms with Crippen molar-refractivity contribution in [2.45, 2.75) is 57.3 Å². The maximum Gasteiger partial charge on any atom is 0.338 e. The smallest absolute Gasteiger partial charge is 0.338 e. The molecule has 0 aliphatic carbocycles. The number of Topliss-reactive ketones (excluding diaryl/α,β-unsaturated/α-hetero) is 1. The molecule has 0 aliphatic rings. The number of benzene rings is 6. The summed E-state index contributed by atoms with van der Waals surface area (Å²) in [6.45, 7) is 9.96. The number of sulfonamides is 2. The van der Waals surface area contributed by atoms with Crippen LogP contribution in [0.4, 0.5) is 15.8 Å². The molecule has 0 fully saturated rings. The summed E-state index contributed by atoms with van der Waals surface area (Å²) in [5.41, 5.74) is 6.92. The largest absolute Gasteiger partial charge is 0.494 e. The molecule has 8 aromatic rings. The number of rotatable bonds is 23. The number of aliphatic imine (C=N–C) groups is 2. The Hall–Kier alpha value is -7.82. The van der Waals surface area contributed by atoms with Crippen molar-refractivity contribution < 1.29 is 71.8 Å². The molecule has 5 N–H and O–H groups in total. The van der Waals surface area contributed by atoms with Gasteiger partial charge >= 0.3 is 5.97 Å². The van der Waals surface area contributed by atoms with Crippen molar-refractivity contribution in [2.24, 2.45) is 9.98 Å². The molecule has 2 heterocycles. The summed E-state index contributed by atoms with van der Waals surface area (Å²) in [6, 6.07) is 37.2. The van der Waals surface area contributed by atoms with Crippen LogP contribution in [0.5, 0.6) is 11.8 Å². The van der Waals surface area contributed by atoms with Gasteiger partial charge in [-0.3, -0.25) is 28.2 Å². The quantitative estimate of drug-likeness (QED) is 0.0131. The number of aromatic hydroxyl groups is 2. The first kappa shape index (κ1) is 70.3. The van der Waals surface area contributed by atoms with E-state index in [2.05, 4.69) is 27.8 Å². The number of hydrogen-bond acceptors (Lipinski definition) is 17. The van der Waals surface area contributed by atoms with Gasteiger partial charge in [0.1, 0.15) is 0 Å². The first-order chi connectivity index (χ1) is 42.9. The second-order valence-corrected chi connectivity index (χ2v) is 24.4. The molecular weight excluding hydrogens is 1250 g/mol. The molecule has 476 valence electrons. The number of fused-ring (bicyclic) bond motifs is 2. The zero-order valence-corrected chi connectivity index (χ0v) is 54.1. The Kier molecular flexibility index (Phi) is 26.6. The standard InChI is InChI=1S/C30H34N4O7S.C29H28BrN3O6S.C4H10O.CH3F/c1-20-18-25-26(19-24(20)30(37)40-4)32-29(36)27(25)28(21-8-6-5-7-9-21)31-22-10-12-23(13-11-22)42(38,39)34(3)41-17-15-33(2)14-16-35;1-18-16-25-26(17-24(18)19(2)34)33(20(3)35)29(36)27(25)28(21-8-6-5-7-9-21)31-22-10-12-23(13-11-22)40(37,38)32(4)39-15-14-30;1-2-3-4-5;1-2/h5-13,18-19,32,35-36H,14-17H2,1-4H3;5-13,16-17,36H,14-15H2,1-4H3;5H,2-4H2,1H3;1H3/i;;;1D. The maximum atomic E-state index is 13.0. The van der Waals surface area contributed by atoms with E-state index in [1.54, 1.807) is 69.4 Å². The fraction of sp³-hybridized carbons (Fsp3) is 0.297. The number of carbonyl (C=O) groups is 3. The SMILES string of the molecule is CC(=O)c1cc2c(cc1C)c(C(=Nc1ccc(S(=O)(=O)N(C)OCCBr)cc1)c1ccccc1)c(O)n2C(C)=O.CCCCO.COC(=O)c1cc2[nH]c(O)c(C(=Nc3ccc(S(=O)(=O)N(C)OCCN(C)CCO)cc3)c3ccccc3)c2cc1C.[2H]CF. The Morgan fingerprint density at radius 1 is 0.685 bits per heavy atom. The zero-order chi connectivity index (χ0) is 66.5. The fourth-order valence-corrected chi connectivity index (χ4v) is 11.1. The number of halogens is 2. The molecule has 0 saturated heterocycles. The van der Waals surface area contributed by atoms with Gasteiger partial charge in [0.05, 0.1) is 90.3 Å². The Morgan fingerprint density at radius 2 is 1.17 bits per heavy atom. The third-order valence-corrected chi connectivity index (χ3v) is 17.2. The maximum absolute atomic E-state index is 13.0. The van der Waals surface area contributed by atoms with Crippen LogP contribution in [0.3, 0.4) is 0 Å². The second kappa shape index (κ2) is 33.7. The van der Waals surface area contributed by atoms with Gasteiger partial charge in [-0.25, -0.2) is 31.6 Å². The number of H-pyrrole nitrogens is 1. The number of aliphatic hydroxyl groups is 2. The van der Waals surface area contributed by atoms with Crippen LogP contribution in [0.25, 0.3) is 21.8 Å². The molecule has 0 radical (unpaired) electrons. The van der Waals surface area contributed by atoms with E-state index < -0.39 is 39.1 Å². The molecule has 0 bridgehead atoms. The predicted molar refractivity (Wildman–Crippen MR) is 346 cm³/mol. The van der Waals surface area contributed by atoms with E-state index in [-0.39, 0.29) is 47.2 Å². The molecule has 0 spiro atoms. The highest BCUT2D eigenvalue weighted by Crippen LogP contribution is 2.38. The average molecular weight is 1330 g/mol. The number of unbranched alkanes of at least 4 members (excludes halogenated alkanes) is 1. The van der Waals surface area contributed by atoms with Crippen molar-refractivity contribution in [3.05, 3.63) is 178 Å². The van der Waals surface area contributed by atoms with Crippen LogP contribution in [0.2, 0.25) is 0 Å². The van der Waals surface area contributed by atoms with Gasteiger partial charge in [-0.15, -0.1) is 0 Å². The first-order valence-electron chi connectivity index (χ1n) is 28.4. The van der Waals surface area contributed by atoms with Crippen molar-refractivity contribution in [1.82, 2.24) is 23.4 Å². The second-order valence-electron chi connectivity index (χ2n) is 19.8. The van der Waals surface area contributed by atoms with E-state index in [9.17, 15) is 45.8 Å². The highest BCUT2D eigenvalue weighted by Gasteiger charge is 2.28. The number of carbonyl (C=O) groups excluding carboxylic acids is 3. The van der Waals surface area contributed by atoms with E-state index in [4.69, 9.17) is 36.0 Å². The van der Waals surface area contributed by atoms with Crippen LogP contribution in [-0.4, -0.2) is 170 Å². The summed E-state index contributed by atoms with van der Waals surface area (Å²) in [4.78, 5) is 62.1. The number of alkyl halides is 2. The molecule has 0 unspecified atom stereocenters. The van der Waals surface area contributed by atoms with E-state index >= 15 is 0 Å². The van der Waals surface area contributed by atoms with Crippen molar-refractivity contribution in [2.75, 3.05) is 80.3 Å². The van der Waals surface area contributed by atoms with Crippen LogP contribution in [0, 0.1) is 13.8 Å². The molecule has 2 aromatic heterocycles. The summed E-state index contributed by atoms with van der Waals surface area (Å²) in [5.74, 6) is -1.51. The number of nitrogens with zero attached hydrogens (tertiary/aromatic N) is 6. The molecule has 0 atom stereocenters. The lowest BCUT2D eigenvalue weighted by molar-refractivity contribution is -0.0705. The molecule has 0 saturated carbocycles. The number of likely N-dealkylation sites (N-methyl/N-ethyl adjacent to an activating group) is 1. The third-order valence-electron chi connectivity index (χ3n) is 13.6. The van der Waals surface area contributed by atoms with Gasteiger partial charge in [0.15, 0.2) is 11.7 Å². The number of ketones is 1. The Labute approximate surface area is 527 Å². The summed E-state index contributed by atoms with van der Waals surface area (Å²) < 4.78 is 74.9. The van der Waals surface area contributed by atoms with Gasteiger partial charge in [0, 0.05) is 79.0 Å². The normalized spacial score (nSPS) is 12.1. The highest BCUT2D eigenvalue weighted by atomic mass is 79.9. The molecular formula is C64H75BrFN7O14S2. The van der Waals surface area contributed by atoms with Crippen LogP contribution >= 0.6 is 15.9 Å². The summed E-state index contributed by atoms with van der Waals surface area (Å²) in [6.07, 6.45) is 2.04. The minimum Gasteiger partial charge on any atom is -0.494 e. The van der Waals surface area contributed by atoms with E-state index in [1.165, 1.54) is 59.3 Å². The molecule has 89 heavy (non-hydrogen) atoms. The number of methoxy groups -OCH3 is 1. The number of hydrogen-bond donors (Lipinski definition) is 5. The van der Waals surface area contributed by atoms with E-state index in [0.717, 1.165) is 31.9 Å². The minimum absolute atomic E-state index is 0.00134. The molecule has 0 aliphatic heterocycles. The minimum atomic E-state index is -3.93. The van der Waals surface area contributed by atoms with Crippen molar-refractivity contribution >= 4 is 98.2 Å². The van der Waals surface area contributed by atoms with E-state index in [0.29, 0.717) is 109 Å². The number of aryl methyl sites for hydroxylation is 2. The van der Waals surface area contributed by atoms with Gasteiger partial charge in [-0.2, -0.15) is 0 Å². The summed E-state index contributed by atoms with van der Waals surface area (Å²) >= 11 is 3.20. The number of nitrogens with one attached hydrogen (secondary N) is 1. The zero-order valence-electron chi connectivity index (χ0n) is 51.9. The Balaban J connectivity index is 0.000000293. The van der Waals surface area contributed by atoms with Gasteiger partial charge in [0.2, 0.25) is 11.8 Å². The van der Waals surface area contributed by atoms with Gasteiger partial charge in [0.25, 0.3) is 20.0 Å². The molecule has 0 amide bonds. The van der Waals surface area contributed by atoms with Crippen LogP contribution in [0.15, 0.2) is 153 Å². The summed E-state index contributed by atoms with van der Waals surface area (Å²) in [5, 5.41) is 41.1. The van der Waals surface area contributed by atoms with Crippen molar-refractivity contribution in [3.63, 3.8) is 0 Å². The highest BCUT2D eigenvalue weighted by molar-refractivity contribution is 9.09. The van der Waals surface area contributed by atoms with Crippen LogP contribution < -0.4 is 0 Å². The first-order valence-corrected chi connectivity index (χ1v) is 31.7. The molecule has 21 nitrogen and oxygen atoms in total. The van der Waals surface area contributed by atoms with Gasteiger partial charge in [-0.05, 0) is 118 Å². The van der Waals surface area contributed by atoms with Crippen LogP contribution in [0.1, 0.15) is 93.9 Å². The third kappa shape index (κ3) is 18.0. The lowest BCUT2D eigenvalue weighted by Gasteiger charge is -2.19. The van der Waals surface area contributed by atoms with Crippen molar-refractivity contribution in [3.8, 4) is 11.8 Å². The fourth-order valence-electron chi connectivity index (χ4n) is 8.99. The van der Waals surface area contributed by atoms with Crippen molar-refractivity contribution in [1.29, 1.82) is 0 Å². The lowest BCUT2D eigenvalue weighted by Crippen LogP contribution is -2.32. The molecule has 25 heteroatoms. The Bertz CT molecular complexity index is 4020. The Morgan fingerprint density at radius 3 is 1.61 bits per heavy atom. The number of aromatic nitrogens is 2. The molecule has 8 rings (SSSR count). The summed E-state index contributed by atoms with van der Waals surface area (Å²) in [7, 11) is -3.05. The number of ether oxygens (including phenoxy) is 1.